The number of benzene rings is 1. The first-order valence-corrected chi connectivity index (χ1v) is 7.54. The van der Waals surface area contributed by atoms with Crippen LogP contribution in [0.2, 0.25) is 0 Å². The maximum Gasteiger partial charge on any atom is 0.258 e. The maximum atomic E-state index is 11.9. The lowest BCUT2D eigenvalue weighted by Crippen LogP contribution is -2.40. The van der Waals surface area contributed by atoms with Gasteiger partial charge in [-0.2, -0.15) is 0 Å². The highest BCUT2D eigenvalue weighted by Crippen LogP contribution is 2.26. The third-order valence-corrected chi connectivity index (χ3v) is 3.61. The summed E-state index contributed by atoms with van der Waals surface area (Å²) in [7, 11) is 0. The van der Waals surface area contributed by atoms with Crippen molar-refractivity contribution in [2.45, 2.75) is 33.3 Å². The molecule has 0 fully saturated rings. The molecule has 2 rings (SSSR count). The van der Waals surface area contributed by atoms with Crippen LogP contribution in [0.4, 0.5) is 0 Å². The zero-order valence-electron chi connectivity index (χ0n) is 14.0. The van der Waals surface area contributed by atoms with Gasteiger partial charge in [-0.05, 0) is 51.5 Å². The molecule has 1 atom stereocenters. The number of ether oxygens (including phenoxy) is 1. The molecule has 1 aromatic heterocycles. The molecule has 1 amide bonds. The van der Waals surface area contributed by atoms with E-state index in [9.17, 15) is 9.90 Å². The van der Waals surface area contributed by atoms with Gasteiger partial charge in [0.05, 0.1) is 6.54 Å². The Morgan fingerprint density at radius 2 is 2.04 bits per heavy atom. The Kier molecular flexibility index (Phi) is 5.11. The molecule has 0 aliphatic heterocycles. The van der Waals surface area contributed by atoms with Crippen LogP contribution in [0.5, 0.6) is 5.75 Å². The van der Waals surface area contributed by atoms with Gasteiger partial charge in [-0.15, -0.1) is 0 Å². The van der Waals surface area contributed by atoms with Crippen molar-refractivity contribution in [3.63, 3.8) is 0 Å². The Labute approximate surface area is 136 Å². The number of rotatable bonds is 6. The van der Waals surface area contributed by atoms with Crippen LogP contribution >= 0.6 is 0 Å². The van der Waals surface area contributed by atoms with Gasteiger partial charge in [0.25, 0.3) is 5.91 Å². The van der Waals surface area contributed by atoms with E-state index < -0.39 is 5.60 Å². The lowest BCUT2D eigenvalue weighted by atomic mass is 9.96. The fourth-order valence-electron chi connectivity index (χ4n) is 2.44. The van der Waals surface area contributed by atoms with E-state index in [0.29, 0.717) is 17.1 Å². The van der Waals surface area contributed by atoms with Crippen LogP contribution in [0.1, 0.15) is 29.6 Å². The molecule has 1 aromatic carbocycles. The molecule has 2 N–H and O–H groups in total. The predicted octanol–water partition coefficient (Wildman–Crippen LogP) is 2.61. The van der Waals surface area contributed by atoms with Crippen molar-refractivity contribution in [1.82, 2.24) is 5.32 Å². The van der Waals surface area contributed by atoms with Crippen molar-refractivity contribution >= 4 is 5.91 Å². The van der Waals surface area contributed by atoms with Gasteiger partial charge in [-0.25, -0.2) is 0 Å². The van der Waals surface area contributed by atoms with Gasteiger partial charge >= 0.3 is 0 Å². The first kappa shape index (κ1) is 17.1. The number of amides is 1. The summed E-state index contributed by atoms with van der Waals surface area (Å²) in [5, 5.41) is 13.2. The molecule has 0 radical (unpaired) electrons. The zero-order chi connectivity index (χ0) is 17.0. The Morgan fingerprint density at radius 3 is 2.65 bits per heavy atom. The molecule has 1 unspecified atom stereocenters. The molecule has 5 nitrogen and oxygen atoms in total. The number of nitrogens with one attached hydrogen (secondary N) is 1. The molecule has 2 aromatic rings. The minimum Gasteiger partial charge on any atom is -0.484 e. The average molecular weight is 317 g/mol. The number of aliphatic hydroxyl groups is 1. The standard InChI is InChI=1S/C18H23NO4/c1-12-6-5-7-15(8-12)22-10-17(20)19-11-18(4,21)16-9-13(2)23-14(16)3/h5-9,21H,10-11H2,1-4H3,(H,19,20). The molecule has 124 valence electrons. The molecule has 23 heavy (non-hydrogen) atoms. The number of carbonyl (C=O) groups excluding carboxylic acids is 1. The number of aryl methyl sites for hydroxylation is 3. The van der Waals surface area contributed by atoms with E-state index in [2.05, 4.69) is 5.32 Å². The molecule has 0 saturated carbocycles. The number of hydrogen-bond donors (Lipinski definition) is 2. The molecule has 1 heterocycles. The van der Waals surface area contributed by atoms with Crippen molar-refractivity contribution in [1.29, 1.82) is 0 Å². The van der Waals surface area contributed by atoms with Gasteiger partial charge < -0.3 is 19.6 Å². The lowest BCUT2D eigenvalue weighted by Gasteiger charge is -2.23. The Bertz CT molecular complexity index is 688. The van der Waals surface area contributed by atoms with E-state index in [1.54, 1.807) is 26.0 Å². The van der Waals surface area contributed by atoms with Crippen LogP contribution in [0.3, 0.4) is 0 Å². The average Bonchev–Trinajstić information content (AvgIpc) is 2.83. The molecule has 0 aliphatic carbocycles. The van der Waals surface area contributed by atoms with Crippen molar-refractivity contribution in [3.05, 3.63) is 53.0 Å². The second kappa shape index (κ2) is 6.87. The Morgan fingerprint density at radius 1 is 1.30 bits per heavy atom. The summed E-state index contributed by atoms with van der Waals surface area (Å²) < 4.78 is 10.9. The van der Waals surface area contributed by atoms with Crippen LogP contribution < -0.4 is 10.1 Å². The van der Waals surface area contributed by atoms with Gasteiger partial charge in [0.2, 0.25) is 0 Å². The summed E-state index contributed by atoms with van der Waals surface area (Å²) in [6.07, 6.45) is 0. The van der Waals surface area contributed by atoms with E-state index >= 15 is 0 Å². The quantitative estimate of drug-likeness (QED) is 0.859. The molecular formula is C18H23NO4. The Balaban J connectivity index is 1.87. The lowest BCUT2D eigenvalue weighted by molar-refractivity contribution is -0.124. The van der Waals surface area contributed by atoms with Crippen molar-refractivity contribution in [2.75, 3.05) is 13.2 Å². The van der Waals surface area contributed by atoms with Crippen molar-refractivity contribution in [3.8, 4) is 5.75 Å². The third-order valence-electron chi connectivity index (χ3n) is 3.61. The molecular weight excluding hydrogens is 294 g/mol. The highest BCUT2D eigenvalue weighted by atomic mass is 16.5. The van der Waals surface area contributed by atoms with E-state index in [1.165, 1.54) is 0 Å². The first-order valence-electron chi connectivity index (χ1n) is 7.54. The van der Waals surface area contributed by atoms with E-state index in [0.717, 1.165) is 11.3 Å². The van der Waals surface area contributed by atoms with Crippen LogP contribution in [0, 0.1) is 20.8 Å². The van der Waals surface area contributed by atoms with Crippen LogP contribution in [0.25, 0.3) is 0 Å². The molecule has 0 aliphatic rings. The summed E-state index contributed by atoms with van der Waals surface area (Å²) in [6.45, 7) is 7.21. The normalized spacial score (nSPS) is 13.4. The first-order chi connectivity index (χ1) is 10.8. The highest BCUT2D eigenvalue weighted by Gasteiger charge is 2.28. The van der Waals surface area contributed by atoms with Crippen LogP contribution in [0.15, 0.2) is 34.7 Å². The minimum absolute atomic E-state index is 0.0861. The summed E-state index contributed by atoms with van der Waals surface area (Å²) in [6, 6.07) is 9.27. The monoisotopic (exact) mass is 317 g/mol. The summed E-state index contributed by atoms with van der Waals surface area (Å²) >= 11 is 0. The number of carbonyl (C=O) groups is 1. The SMILES string of the molecule is Cc1cccc(OCC(=O)NCC(C)(O)c2cc(C)oc2C)c1. The fourth-order valence-corrected chi connectivity index (χ4v) is 2.44. The molecule has 0 saturated heterocycles. The highest BCUT2D eigenvalue weighted by molar-refractivity contribution is 5.77. The summed E-state index contributed by atoms with van der Waals surface area (Å²) in [4.78, 5) is 11.9. The minimum atomic E-state index is -1.19. The van der Waals surface area contributed by atoms with Gasteiger partial charge in [-0.1, -0.05) is 12.1 Å². The van der Waals surface area contributed by atoms with Crippen LogP contribution in [-0.2, 0) is 10.4 Å². The largest absolute Gasteiger partial charge is 0.484 e. The smallest absolute Gasteiger partial charge is 0.258 e. The van der Waals surface area contributed by atoms with Crippen LogP contribution in [-0.4, -0.2) is 24.2 Å². The summed E-state index contributed by atoms with van der Waals surface area (Å²) in [5.41, 5.74) is 0.549. The number of hydrogen-bond acceptors (Lipinski definition) is 4. The van der Waals surface area contributed by atoms with Crippen molar-refractivity contribution in [2.24, 2.45) is 0 Å². The van der Waals surface area contributed by atoms with E-state index in [-0.39, 0.29) is 19.1 Å². The number of furan rings is 1. The topological polar surface area (TPSA) is 71.7 Å². The molecule has 0 spiro atoms. The second-order valence-corrected chi connectivity index (χ2v) is 5.98. The molecule has 0 bridgehead atoms. The van der Waals surface area contributed by atoms with E-state index in [1.807, 2.05) is 32.0 Å². The van der Waals surface area contributed by atoms with Gasteiger partial charge in [0, 0.05) is 5.56 Å². The van der Waals surface area contributed by atoms with Crippen molar-refractivity contribution < 1.29 is 19.1 Å². The molecule has 5 heteroatoms. The fraction of sp³-hybridized carbons (Fsp3) is 0.389. The predicted molar refractivity (Wildman–Crippen MR) is 87.4 cm³/mol. The Hall–Kier alpha value is -2.27. The van der Waals surface area contributed by atoms with Gasteiger partial charge in [0.15, 0.2) is 6.61 Å². The summed E-state index contributed by atoms with van der Waals surface area (Å²) in [5.74, 6) is 1.74. The zero-order valence-corrected chi connectivity index (χ0v) is 14.0. The van der Waals surface area contributed by atoms with E-state index in [4.69, 9.17) is 9.15 Å². The van der Waals surface area contributed by atoms with Gasteiger partial charge in [0.1, 0.15) is 22.9 Å². The third kappa shape index (κ3) is 4.60. The maximum absolute atomic E-state index is 11.9. The second-order valence-electron chi connectivity index (χ2n) is 5.98. The van der Waals surface area contributed by atoms with Gasteiger partial charge in [-0.3, -0.25) is 4.79 Å².